The predicted octanol–water partition coefficient (Wildman–Crippen LogP) is 2.51. The van der Waals surface area contributed by atoms with Gasteiger partial charge in [0.1, 0.15) is 5.82 Å². The summed E-state index contributed by atoms with van der Waals surface area (Å²) in [6.07, 6.45) is 1.70. The van der Waals surface area contributed by atoms with E-state index < -0.39 is 0 Å². The topological polar surface area (TPSA) is 29.1 Å². The molecule has 0 saturated carbocycles. The molecule has 15 heavy (non-hydrogen) atoms. The van der Waals surface area contributed by atoms with Gasteiger partial charge in [-0.2, -0.15) is 0 Å². The molecule has 0 aliphatic heterocycles. The van der Waals surface area contributed by atoms with Crippen LogP contribution in [0.25, 0.3) is 0 Å². The lowest BCUT2D eigenvalue weighted by atomic mass is 10.1. The lowest BCUT2D eigenvalue weighted by Crippen LogP contribution is -2.18. The Labute approximate surface area is 97.0 Å². The van der Waals surface area contributed by atoms with Crippen LogP contribution in [0.3, 0.4) is 0 Å². The zero-order chi connectivity index (χ0) is 11.3. The number of carbonyl (C=O) groups is 1. The maximum Gasteiger partial charge on any atom is 0.251 e. The summed E-state index contributed by atoms with van der Waals surface area (Å²) in [6, 6.07) is 4.44. The fraction of sp³-hybridized carbons (Fsp3) is 0.364. The van der Waals surface area contributed by atoms with Crippen molar-refractivity contribution in [3.63, 3.8) is 0 Å². The van der Waals surface area contributed by atoms with E-state index in [-0.39, 0.29) is 11.7 Å². The minimum Gasteiger partial charge on any atom is -0.355 e. The van der Waals surface area contributed by atoms with Crippen LogP contribution < -0.4 is 5.32 Å². The lowest BCUT2D eigenvalue weighted by molar-refractivity contribution is 0.0962. The summed E-state index contributed by atoms with van der Waals surface area (Å²) >= 11 is 3.31. The van der Waals surface area contributed by atoms with Gasteiger partial charge in [-0.15, -0.1) is 0 Å². The molecule has 0 heterocycles. The van der Waals surface area contributed by atoms with Crippen LogP contribution in [0, 0.1) is 5.82 Å². The summed E-state index contributed by atoms with van der Waals surface area (Å²) in [5.41, 5.74) is 1.23. The van der Waals surface area contributed by atoms with E-state index >= 15 is 0 Å². The smallest absolute Gasteiger partial charge is 0.251 e. The number of benzene rings is 1. The second kappa shape index (κ2) is 5.85. The van der Waals surface area contributed by atoms with E-state index in [9.17, 15) is 9.18 Å². The Morgan fingerprint density at radius 2 is 2.20 bits per heavy atom. The van der Waals surface area contributed by atoms with Crippen LogP contribution >= 0.6 is 15.9 Å². The van der Waals surface area contributed by atoms with Gasteiger partial charge in [-0.25, -0.2) is 4.39 Å². The molecule has 0 spiro atoms. The van der Waals surface area contributed by atoms with Gasteiger partial charge < -0.3 is 5.32 Å². The molecule has 1 amide bonds. The Kier molecular flexibility index (Phi) is 4.75. The number of carbonyl (C=O) groups excluding carboxylic acids is 1. The molecule has 0 saturated heterocycles. The standard InChI is InChI=1S/C11H13BrFNO/c1-14-11(15)9-5-8(3-2-4-12)6-10(13)7-9/h5-7H,2-4H2,1H3,(H,14,15). The minimum atomic E-state index is -0.360. The van der Waals surface area contributed by atoms with Gasteiger partial charge in [0.05, 0.1) is 0 Å². The number of amides is 1. The van der Waals surface area contributed by atoms with E-state index in [4.69, 9.17) is 0 Å². The molecule has 0 aromatic heterocycles. The van der Waals surface area contributed by atoms with Gasteiger partial charge in [0.2, 0.25) is 0 Å². The van der Waals surface area contributed by atoms with Gasteiger partial charge in [0.15, 0.2) is 0 Å². The van der Waals surface area contributed by atoms with Crippen LogP contribution in [0.1, 0.15) is 22.3 Å². The maximum atomic E-state index is 13.2. The molecular formula is C11H13BrFNO. The van der Waals surface area contributed by atoms with Crippen molar-refractivity contribution in [2.45, 2.75) is 12.8 Å². The maximum absolute atomic E-state index is 13.2. The molecule has 0 fully saturated rings. The third-order valence-corrected chi connectivity index (χ3v) is 2.61. The van der Waals surface area contributed by atoms with Crippen molar-refractivity contribution in [1.82, 2.24) is 5.32 Å². The average molecular weight is 274 g/mol. The average Bonchev–Trinajstić information content (AvgIpc) is 2.24. The molecular weight excluding hydrogens is 261 g/mol. The third kappa shape index (κ3) is 3.63. The Hall–Kier alpha value is -0.900. The van der Waals surface area contributed by atoms with Crippen molar-refractivity contribution < 1.29 is 9.18 Å². The highest BCUT2D eigenvalue weighted by molar-refractivity contribution is 9.09. The number of hydrogen-bond donors (Lipinski definition) is 1. The molecule has 1 aromatic carbocycles. The lowest BCUT2D eigenvalue weighted by Gasteiger charge is -2.04. The first-order chi connectivity index (χ1) is 7.17. The van der Waals surface area contributed by atoms with Crippen molar-refractivity contribution in [2.75, 3.05) is 12.4 Å². The zero-order valence-electron chi connectivity index (χ0n) is 8.52. The van der Waals surface area contributed by atoms with E-state index in [0.717, 1.165) is 23.7 Å². The SMILES string of the molecule is CNC(=O)c1cc(F)cc(CCCBr)c1. The first kappa shape index (κ1) is 12.2. The summed E-state index contributed by atoms with van der Waals surface area (Å²) in [4.78, 5) is 11.3. The van der Waals surface area contributed by atoms with E-state index in [0.29, 0.717) is 5.56 Å². The third-order valence-electron chi connectivity index (χ3n) is 2.05. The Morgan fingerprint density at radius 3 is 2.80 bits per heavy atom. The normalized spacial score (nSPS) is 10.1. The van der Waals surface area contributed by atoms with Gasteiger partial charge in [0.25, 0.3) is 5.91 Å². The number of rotatable bonds is 4. The van der Waals surface area contributed by atoms with E-state index in [1.807, 2.05) is 0 Å². The first-order valence-corrected chi connectivity index (χ1v) is 5.87. The van der Waals surface area contributed by atoms with Gasteiger partial charge in [-0.05, 0) is 36.6 Å². The highest BCUT2D eigenvalue weighted by atomic mass is 79.9. The molecule has 0 bridgehead atoms. The highest BCUT2D eigenvalue weighted by Gasteiger charge is 2.06. The molecule has 1 aromatic rings. The molecule has 4 heteroatoms. The molecule has 1 N–H and O–H groups in total. The summed E-state index contributed by atoms with van der Waals surface area (Å²) in [6.45, 7) is 0. The second-order valence-corrected chi connectivity index (χ2v) is 4.01. The summed E-state index contributed by atoms with van der Waals surface area (Å²) in [7, 11) is 1.53. The number of alkyl halides is 1. The highest BCUT2D eigenvalue weighted by Crippen LogP contribution is 2.11. The number of aryl methyl sites for hydroxylation is 1. The van der Waals surface area contributed by atoms with Crippen molar-refractivity contribution in [3.8, 4) is 0 Å². The number of halogens is 2. The summed E-state index contributed by atoms with van der Waals surface area (Å²) < 4.78 is 13.2. The van der Waals surface area contributed by atoms with Crippen LogP contribution in [0.4, 0.5) is 4.39 Å². The van der Waals surface area contributed by atoms with Gasteiger partial charge in [0, 0.05) is 17.9 Å². The zero-order valence-corrected chi connectivity index (χ0v) is 10.1. The van der Waals surface area contributed by atoms with Crippen molar-refractivity contribution in [2.24, 2.45) is 0 Å². The molecule has 1 rings (SSSR count). The predicted molar refractivity (Wildman–Crippen MR) is 61.9 cm³/mol. The molecule has 0 aliphatic rings. The van der Waals surface area contributed by atoms with Crippen LogP contribution in [-0.2, 0) is 6.42 Å². The Bertz CT molecular complexity index is 354. The molecule has 82 valence electrons. The van der Waals surface area contributed by atoms with Crippen LogP contribution in [0.15, 0.2) is 18.2 Å². The number of hydrogen-bond acceptors (Lipinski definition) is 1. The monoisotopic (exact) mass is 273 g/mol. The molecule has 2 nitrogen and oxygen atoms in total. The first-order valence-electron chi connectivity index (χ1n) is 4.75. The van der Waals surface area contributed by atoms with Gasteiger partial charge in [-0.3, -0.25) is 4.79 Å². The van der Waals surface area contributed by atoms with Crippen molar-refractivity contribution in [1.29, 1.82) is 0 Å². The summed E-state index contributed by atoms with van der Waals surface area (Å²) in [5, 5.41) is 3.35. The molecule has 0 atom stereocenters. The van der Waals surface area contributed by atoms with Gasteiger partial charge in [-0.1, -0.05) is 15.9 Å². The van der Waals surface area contributed by atoms with Crippen molar-refractivity contribution >= 4 is 21.8 Å². The van der Waals surface area contributed by atoms with Gasteiger partial charge >= 0.3 is 0 Å². The fourth-order valence-electron chi connectivity index (χ4n) is 1.34. The van der Waals surface area contributed by atoms with Crippen molar-refractivity contribution in [3.05, 3.63) is 35.1 Å². The summed E-state index contributed by atoms with van der Waals surface area (Å²) in [5.74, 6) is -0.615. The van der Waals surface area contributed by atoms with Crippen LogP contribution in [0.5, 0.6) is 0 Å². The Balaban J connectivity index is 2.89. The molecule has 0 radical (unpaired) electrons. The number of nitrogens with one attached hydrogen (secondary N) is 1. The van der Waals surface area contributed by atoms with Crippen LogP contribution in [0.2, 0.25) is 0 Å². The van der Waals surface area contributed by atoms with E-state index in [1.165, 1.54) is 19.2 Å². The van der Waals surface area contributed by atoms with E-state index in [2.05, 4.69) is 21.2 Å². The van der Waals surface area contributed by atoms with Crippen LogP contribution in [-0.4, -0.2) is 18.3 Å². The molecule has 0 unspecified atom stereocenters. The minimum absolute atomic E-state index is 0.255. The fourth-order valence-corrected chi connectivity index (χ4v) is 1.62. The second-order valence-electron chi connectivity index (χ2n) is 3.22. The van der Waals surface area contributed by atoms with E-state index in [1.54, 1.807) is 6.07 Å². The molecule has 0 aliphatic carbocycles. The largest absolute Gasteiger partial charge is 0.355 e. The Morgan fingerprint density at radius 1 is 1.47 bits per heavy atom. The quantitative estimate of drug-likeness (QED) is 0.840.